The highest BCUT2D eigenvalue weighted by Gasteiger charge is 2.22. The van der Waals surface area contributed by atoms with E-state index in [9.17, 15) is 14.4 Å². The fraction of sp³-hybridized carbons (Fsp3) is 0.190. The summed E-state index contributed by atoms with van der Waals surface area (Å²) in [6, 6.07) is 16.5. The molecule has 0 radical (unpaired) electrons. The molecule has 0 spiro atoms. The second kappa shape index (κ2) is 8.89. The zero-order valence-electron chi connectivity index (χ0n) is 16.0. The number of aromatic nitrogens is 2. The van der Waals surface area contributed by atoms with Gasteiger partial charge in [0.25, 0.3) is 5.56 Å². The van der Waals surface area contributed by atoms with Crippen LogP contribution in [0.5, 0.6) is 0 Å². The molecule has 0 aliphatic carbocycles. The highest BCUT2D eigenvalue weighted by molar-refractivity contribution is 6.30. The van der Waals surface area contributed by atoms with E-state index < -0.39 is 17.0 Å². The van der Waals surface area contributed by atoms with E-state index in [1.165, 1.54) is 11.6 Å². The number of rotatable bonds is 7. The fourth-order valence-corrected chi connectivity index (χ4v) is 3.18. The molecule has 29 heavy (non-hydrogen) atoms. The first-order chi connectivity index (χ1) is 13.9. The molecule has 2 aromatic carbocycles. The van der Waals surface area contributed by atoms with Gasteiger partial charge in [0.1, 0.15) is 24.5 Å². The van der Waals surface area contributed by atoms with Gasteiger partial charge in [-0.1, -0.05) is 54.1 Å². The van der Waals surface area contributed by atoms with Crippen LogP contribution in [0.1, 0.15) is 21.5 Å². The predicted octanol–water partition coefficient (Wildman–Crippen LogP) is 0.777. The average molecular weight is 414 g/mol. The first-order valence-corrected chi connectivity index (χ1v) is 9.49. The van der Waals surface area contributed by atoms with Crippen molar-refractivity contribution in [2.24, 2.45) is 7.05 Å². The molecule has 0 bridgehead atoms. The van der Waals surface area contributed by atoms with Crippen LogP contribution in [-0.4, -0.2) is 21.5 Å². The van der Waals surface area contributed by atoms with Crippen molar-refractivity contribution in [3.8, 4) is 0 Å². The third-order valence-corrected chi connectivity index (χ3v) is 4.92. The standard InChI is InChI=1S/C21H21ClN4O3/c1-25-20(28)18(17(27)12-24-11-14-7-9-16(22)10-8-14)19(23)26(21(25)29)13-15-5-3-2-4-6-15/h2-10,24H,11-13,23H2,1H3/p+1. The number of nitrogens with zero attached hydrogens (tertiary/aromatic N) is 2. The molecule has 0 atom stereocenters. The molecule has 150 valence electrons. The minimum Gasteiger partial charge on any atom is -0.384 e. The molecule has 4 N–H and O–H groups in total. The van der Waals surface area contributed by atoms with Gasteiger partial charge in [0.15, 0.2) is 0 Å². The van der Waals surface area contributed by atoms with Gasteiger partial charge in [-0.25, -0.2) is 4.79 Å². The first-order valence-electron chi connectivity index (χ1n) is 9.11. The Balaban J connectivity index is 1.84. The van der Waals surface area contributed by atoms with E-state index >= 15 is 0 Å². The van der Waals surface area contributed by atoms with Crippen LogP contribution in [0.2, 0.25) is 5.02 Å². The number of benzene rings is 2. The van der Waals surface area contributed by atoms with Crippen molar-refractivity contribution in [3.63, 3.8) is 0 Å². The molecule has 0 aliphatic rings. The molecule has 0 saturated heterocycles. The lowest BCUT2D eigenvalue weighted by molar-refractivity contribution is -0.658. The second-order valence-electron chi connectivity index (χ2n) is 6.73. The molecular formula is C21H22ClN4O3+. The summed E-state index contributed by atoms with van der Waals surface area (Å²) >= 11 is 5.87. The number of hydrogen-bond acceptors (Lipinski definition) is 4. The van der Waals surface area contributed by atoms with Gasteiger partial charge in [0.05, 0.1) is 6.54 Å². The molecule has 0 amide bonds. The van der Waals surface area contributed by atoms with Crippen molar-refractivity contribution in [1.29, 1.82) is 0 Å². The number of nitrogen functional groups attached to an aromatic ring is 1. The minimum atomic E-state index is -0.679. The number of quaternary nitrogens is 1. The average Bonchev–Trinajstić information content (AvgIpc) is 2.72. The largest absolute Gasteiger partial charge is 0.384 e. The van der Waals surface area contributed by atoms with Crippen LogP contribution in [0.25, 0.3) is 0 Å². The van der Waals surface area contributed by atoms with E-state index in [0.717, 1.165) is 15.7 Å². The number of carbonyl (C=O) groups is 1. The second-order valence-corrected chi connectivity index (χ2v) is 7.16. The van der Waals surface area contributed by atoms with E-state index in [1.807, 2.05) is 42.5 Å². The number of anilines is 1. The van der Waals surface area contributed by atoms with Gasteiger partial charge in [0, 0.05) is 17.6 Å². The Bertz CT molecular complexity index is 1140. The summed E-state index contributed by atoms with van der Waals surface area (Å²) in [6.45, 7) is 0.757. The molecule has 3 aromatic rings. The number of carbonyl (C=O) groups excluding carboxylic acids is 1. The number of halogens is 1. The van der Waals surface area contributed by atoms with Crippen molar-refractivity contribution in [3.05, 3.63) is 97.1 Å². The van der Waals surface area contributed by atoms with Gasteiger partial charge in [0.2, 0.25) is 5.78 Å². The van der Waals surface area contributed by atoms with Crippen LogP contribution in [0.4, 0.5) is 5.82 Å². The van der Waals surface area contributed by atoms with Gasteiger partial charge < -0.3 is 11.1 Å². The quantitative estimate of drug-likeness (QED) is 0.558. The maximum Gasteiger partial charge on any atom is 0.332 e. The SMILES string of the molecule is Cn1c(=O)c(C(=O)C[NH2+]Cc2ccc(Cl)cc2)c(N)n(Cc2ccccc2)c1=O. The molecular weight excluding hydrogens is 392 g/mol. The summed E-state index contributed by atoms with van der Waals surface area (Å²) < 4.78 is 2.18. The molecule has 1 aromatic heterocycles. The van der Waals surface area contributed by atoms with Crippen molar-refractivity contribution < 1.29 is 10.1 Å². The lowest BCUT2D eigenvalue weighted by Crippen LogP contribution is -2.84. The monoisotopic (exact) mass is 413 g/mol. The lowest BCUT2D eigenvalue weighted by atomic mass is 10.1. The van der Waals surface area contributed by atoms with Crippen LogP contribution < -0.4 is 22.3 Å². The topological polar surface area (TPSA) is 104 Å². The molecule has 1 heterocycles. The van der Waals surface area contributed by atoms with E-state index in [0.29, 0.717) is 11.6 Å². The zero-order valence-corrected chi connectivity index (χ0v) is 16.7. The van der Waals surface area contributed by atoms with Gasteiger partial charge in [-0.2, -0.15) is 0 Å². The number of hydrogen-bond donors (Lipinski definition) is 2. The summed E-state index contributed by atoms with van der Waals surface area (Å²) in [5.41, 5.74) is 6.55. The van der Waals surface area contributed by atoms with Crippen LogP contribution in [0.15, 0.2) is 64.2 Å². The third-order valence-electron chi connectivity index (χ3n) is 4.67. The Hall–Kier alpha value is -3.16. The molecule has 7 nitrogen and oxygen atoms in total. The molecule has 8 heteroatoms. The maximum absolute atomic E-state index is 12.7. The van der Waals surface area contributed by atoms with Gasteiger partial charge in [-0.05, 0) is 17.7 Å². The summed E-state index contributed by atoms with van der Waals surface area (Å²) in [7, 11) is 1.35. The Morgan fingerprint density at radius 2 is 1.69 bits per heavy atom. The van der Waals surface area contributed by atoms with Gasteiger partial charge in [-0.15, -0.1) is 0 Å². The van der Waals surface area contributed by atoms with Gasteiger partial charge >= 0.3 is 5.69 Å². The highest BCUT2D eigenvalue weighted by atomic mass is 35.5. The van der Waals surface area contributed by atoms with Crippen molar-refractivity contribution in [2.75, 3.05) is 12.3 Å². The number of ketones is 1. The van der Waals surface area contributed by atoms with Crippen molar-refractivity contribution in [2.45, 2.75) is 13.1 Å². The van der Waals surface area contributed by atoms with Crippen molar-refractivity contribution >= 4 is 23.2 Å². The Morgan fingerprint density at radius 1 is 1.03 bits per heavy atom. The van der Waals surface area contributed by atoms with E-state index in [4.69, 9.17) is 17.3 Å². The number of nitrogens with two attached hydrogens (primary N) is 2. The Morgan fingerprint density at radius 3 is 2.34 bits per heavy atom. The summed E-state index contributed by atoms with van der Waals surface area (Å²) in [6.07, 6.45) is 0. The maximum atomic E-state index is 12.7. The van der Waals surface area contributed by atoms with E-state index in [1.54, 1.807) is 17.4 Å². The Kier molecular flexibility index (Phi) is 6.31. The third kappa shape index (κ3) is 4.64. The molecule has 0 saturated carbocycles. The van der Waals surface area contributed by atoms with E-state index in [-0.39, 0.29) is 24.5 Å². The van der Waals surface area contributed by atoms with E-state index in [2.05, 4.69) is 0 Å². The summed E-state index contributed by atoms with van der Waals surface area (Å²) in [5.74, 6) is -0.522. The Labute approximate surface area is 172 Å². The summed E-state index contributed by atoms with van der Waals surface area (Å²) in [5, 5.41) is 2.42. The molecule has 3 rings (SSSR count). The smallest absolute Gasteiger partial charge is 0.332 e. The van der Waals surface area contributed by atoms with Crippen LogP contribution >= 0.6 is 11.6 Å². The van der Waals surface area contributed by atoms with Crippen LogP contribution in [-0.2, 0) is 20.1 Å². The van der Waals surface area contributed by atoms with Crippen LogP contribution in [0, 0.1) is 0 Å². The van der Waals surface area contributed by atoms with Crippen molar-refractivity contribution in [1.82, 2.24) is 9.13 Å². The fourth-order valence-electron chi connectivity index (χ4n) is 3.06. The lowest BCUT2D eigenvalue weighted by Gasteiger charge is -2.14. The summed E-state index contributed by atoms with van der Waals surface area (Å²) in [4.78, 5) is 37.8. The highest BCUT2D eigenvalue weighted by Crippen LogP contribution is 2.10. The van der Waals surface area contributed by atoms with Crippen LogP contribution in [0.3, 0.4) is 0 Å². The normalized spacial score (nSPS) is 10.8. The minimum absolute atomic E-state index is 0.0333. The molecule has 0 fully saturated rings. The molecule has 0 aliphatic heterocycles. The van der Waals surface area contributed by atoms with Gasteiger partial charge in [-0.3, -0.25) is 18.7 Å². The molecule has 0 unspecified atom stereocenters. The predicted molar refractivity (Wildman–Crippen MR) is 112 cm³/mol. The first kappa shape index (κ1) is 20.6. The number of Topliss-reactive ketones (excluding diaryl/α,β-unsaturated/α-hetero) is 1. The zero-order chi connectivity index (χ0) is 21.0.